The van der Waals surface area contributed by atoms with Crippen LogP contribution < -0.4 is 20.6 Å². The second kappa shape index (κ2) is 15.3. The maximum absolute atomic E-state index is 7.20. The van der Waals surface area contributed by atoms with Gasteiger partial charge in [0.1, 0.15) is 22.3 Å². The van der Waals surface area contributed by atoms with Crippen molar-refractivity contribution < 1.29 is 8.83 Å². The molecule has 0 N–H and O–H groups in total. The molecular weight excluding hydrogens is 936 g/mol. The van der Waals surface area contributed by atoms with Crippen LogP contribution in [0.2, 0.25) is 0 Å². The highest BCUT2D eigenvalue weighted by molar-refractivity contribution is 6.94. The lowest BCUT2D eigenvalue weighted by molar-refractivity contribution is 0.332. The molecule has 0 amide bonds. The Labute approximate surface area is 451 Å². The number of fused-ring (bicyclic) bond motifs is 15. The number of anilines is 5. The predicted molar refractivity (Wildman–Crippen MR) is 326 cm³/mol. The van der Waals surface area contributed by atoms with Crippen LogP contribution in [-0.2, 0) is 21.7 Å². The third-order valence-electron chi connectivity index (χ3n) is 19.3. The first-order chi connectivity index (χ1) is 37.1. The molecule has 2 aromatic heterocycles. The molecule has 0 saturated carbocycles. The average Bonchev–Trinajstić information content (AvgIpc) is 4.04. The molecule has 0 atom stereocenters. The van der Waals surface area contributed by atoms with Crippen LogP contribution in [0.5, 0.6) is 0 Å². The Bertz CT molecular complexity index is 4530. The number of benzene rings is 10. The summed E-state index contributed by atoms with van der Waals surface area (Å²) in [5.41, 5.74) is 22.7. The molecule has 0 fully saturated rings. The molecule has 77 heavy (non-hydrogen) atoms. The Kier molecular flexibility index (Phi) is 9.01. The van der Waals surface area contributed by atoms with Crippen molar-refractivity contribution in [2.75, 3.05) is 9.71 Å². The minimum absolute atomic E-state index is 0.0438. The Morgan fingerprint density at radius 2 is 0.870 bits per heavy atom. The van der Waals surface area contributed by atoms with Crippen LogP contribution in [-0.4, -0.2) is 6.85 Å². The molecule has 12 aromatic rings. The van der Waals surface area contributed by atoms with Crippen molar-refractivity contribution in [3.05, 3.63) is 198 Å². The Hall–Kier alpha value is -8.02. The number of rotatable bonds is 3. The third kappa shape index (κ3) is 6.40. The summed E-state index contributed by atoms with van der Waals surface area (Å²) in [7, 11) is 0. The van der Waals surface area contributed by atoms with E-state index in [1.54, 1.807) is 0 Å². The van der Waals surface area contributed by atoms with Crippen LogP contribution in [0.15, 0.2) is 185 Å². The van der Waals surface area contributed by atoms with Crippen LogP contribution in [0, 0.1) is 0 Å². The van der Waals surface area contributed by atoms with Crippen LogP contribution in [0.1, 0.15) is 103 Å². The smallest absolute Gasteiger partial charge is 0.333 e. The van der Waals surface area contributed by atoms with Gasteiger partial charge in [0.05, 0.1) is 0 Å². The molecule has 16 rings (SSSR count). The SMILES string of the molecule is CC1(C)CCC(C)(C)c2cc3c(cc21)oc1cc(N2c4cc5oc6cc7c(cc6c5cc4B4c5c2cc2ccccc2c5-c2cc5ccccc5cc2N4c2ccc(-c4ccccc4)cc2)C(C)(C)CCC7(C)C)ccc13. The van der Waals surface area contributed by atoms with Gasteiger partial charge in [0, 0.05) is 67.7 Å². The quantitative estimate of drug-likeness (QED) is 0.165. The Morgan fingerprint density at radius 3 is 1.52 bits per heavy atom. The predicted octanol–water partition coefficient (Wildman–Crippen LogP) is 18.9. The zero-order chi connectivity index (χ0) is 52.1. The zero-order valence-corrected chi connectivity index (χ0v) is 45.4. The van der Waals surface area contributed by atoms with Gasteiger partial charge in [-0.3, -0.25) is 0 Å². The maximum Gasteiger partial charge on any atom is 0.333 e. The van der Waals surface area contributed by atoms with Gasteiger partial charge in [-0.05, 0) is 185 Å². The molecule has 10 aromatic carbocycles. The molecule has 0 saturated heterocycles. The lowest BCUT2D eigenvalue weighted by Gasteiger charge is -2.46. The molecule has 0 unspecified atom stereocenters. The molecule has 5 heteroatoms. The van der Waals surface area contributed by atoms with Crippen LogP contribution in [0.25, 0.3) is 87.7 Å². The van der Waals surface area contributed by atoms with Crippen molar-refractivity contribution in [2.45, 2.75) is 103 Å². The van der Waals surface area contributed by atoms with Crippen molar-refractivity contribution in [1.82, 2.24) is 0 Å². The maximum atomic E-state index is 7.20. The van der Waals surface area contributed by atoms with E-state index in [1.165, 1.54) is 93.4 Å². The van der Waals surface area contributed by atoms with Crippen LogP contribution >= 0.6 is 0 Å². The molecule has 4 heterocycles. The molecule has 0 spiro atoms. The van der Waals surface area contributed by atoms with Crippen molar-refractivity contribution in [3.63, 3.8) is 0 Å². The van der Waals surface area contributed by atoms with Gasteiger partial charge < -0.3 is 18.5 Å². The van der Waals surface area contributed by atoms with Crippen molar-refractivity contribution in [1.29, 1.82) is 0 Å². The van der Waals surface area contributed by atoms with E-state index < -0.39 is 0 Å². The molecule has 0 radical (unpaired) electrons. The van der Waals surface area contributed by atoms with Gasteiger partial charge in [-0.25, -0.2) is 0 Å². The summed E-state index contributed by atoms with van der Waals surface area (Å²) < 4.78 is 14.3. The molecule has 0 bridgehead atoms. The molecule has 2 aliphatic heterocycles. The monoisotopic (exact) mass is 996 g/mol. The molecule has 4 aliphatic rings. The summed E-state index contributed by atoms with van der Waals surface area (Å²) in [6, 6.07) is 66.9. The second-order valence-electron chi connectivity index (χ2n) is 25.8. The second-order valence-corrected chi connectivity index (χ2v) is 25.8. The molecule has 4 nitrogen and oxygen atoms in total. The topological polar surface area (TPSA) is 32.8 Å². The fourth-order valence-corrected chi connectivity index (χ4v) is 14.7. The molecule has 2 aliphatic carbocycles. The van der Waals surface area contributed by atoms with Crippen molar-refractivity contribution >= 4 is 112 Å². The third-order valence-corrected chi connectivity index (χ3v) is 19.3. The van der Waals surface area contributed by atoms with Gasteiger partial charge >= 0.3 is 6.85 Å². The largest absolute Gasteiger partial charge is 0.456 e. The Balaban J connectivity index is 1.01. The normalized spacial score (nSPS) is 17.5. The van der Waals surface area contributed by atoms with Gasteiger partial charge in [-0.15, -0.1) is 0 Å². The van der Waals surface area contributed by atoms with Crippen molar-refractivity contribution in [2.24, 2.45) is 0 Å². The first-order valence-corrected chi connectivity index (χ1v) is 28.0. The number of hydrogen-bond acceptors (Lipinski definition) is 4. The highest BCUT2D eigenvalue weighted by Gasteiger charge is 2.47. The summed E-state index contributed by atoms with van der Waals surface area (Å²) in [4.78, 5) is 5.19. The Morgan fingerprint density at radius 1 is 0.377 bits per heavy atom. The summed E-state index contributed by atoms with van der Waals surface area (Å²) in [5, 5.41) is 9.57. The van der Waals surface area contributed by atoms with E-state index in [2.05, 4.69) is 241 Å². The first-order valence-electron chi connectivity index (χ1n) is 28.0. The standard InChI is InChI=1S/C72H61BN2O2/c1-69(2)28-30-71(5,6)57-39-64-51(36-55(57)69)50-27-26-48(35-63(50)76-64)74-61-41-66-53(52-37-56-58(40-65(52)77-66)72(7,8)31-29-70(56,3)4)38-59(61)73-68-62(74)34-46-20-14-15-21-49(46)67(68)54-32-44-18-12-13-19-45(44)33-60(54)75(73)47-24-22-43(23-25-47)42-16-10-9-11-17-42/h9-27,32-41H,28-31H2,1-8H3. The fraction of sp³-hybridized carbons (Fsp3) is 0.222. The van der Waals surface area contributed by atoms with E-state index >= 15 is 0 Å². The minimum atomic E-state index is -0.206. The summed E-state index contributed by atoms with van der Waals surface area (Å²) in [5.74, 6) is 0. The average molecular weight is 997 g/mol. The summed E-state index contributed by atoms with van der Waals surface area (Å²) in [6.45, 7) is 19.1. The van der Waals surface area contributed by atoms with Gasteiger partial charge in [-0.2, -0.15) is 0 Å². The molecular formula is C72H61BN2O2. The van der Waals surface area contributed by atoms with E-state index in [0.29, 0.717) is 0 Å². The van der Waals surface area contributed by atoms with E-state index in [1.807, 2.05) is 0 Å². The van der Waals surface area contributed by atoms with Crippen LogP contribution in [0.3, 0.4) is 0 Å². The highest BCUT2D eigenvalue weighted by Crippen LogP contribution is 2.54. The van der Waals surface area contributed by atoms with Gasteiger partial charge in [0.25, 0.3) is 0 Å². The van der Waals surface area contributed by atoms with Crippen LogP contribution in [0.4, 0.5) is 28.4 Å². The minimum Gasteiger partial charge on any atom is -0.456 e. The van der Waals surface area contributed by atoms with E-state index in [0.717, 1.165) is 81.5 Å². The lowest BCUT2D eigenvalue weighted by atomic mass is 9.43. The van der Waals surface area contributed by atoms with Crippen molar-refractivity contribution in [3.8, 4) is 22.3 Å². The highest BCUT2D eigenvalue weighted by atomic mass is 16.3. The first kappa shape index (κ1) is 45.2. The van der Waals surface area contributed by atoms with E-state index in [-0.39, 0.29) is 28.5 Å². The number of hydrogen-bond donors (Lipinski definition) is 0. The lowest BCUT2D eigenvalue weighted by Crippen LogP contribution is -2.61. The van der Waals surface area contributed by atoms with Gasteiger partial charge in [0.15, 0.2) is 0 Å². The van der Waals surface area contributed by atoms with E-state index in [4.69, 9.17) is 8.83 Å². The van der Waals surface area contributed by atoms with Gasteiger partial charge in [-0.1, -0.05) is 152 Å². The zero-order valence-electron chi connectivity index (χ0n) is 45.4. The van der Waals surface area contributed by atoms with E-state index in [9.17, 15) is 0 Å². The number of furan rings is 2. The molecule has 374 valence electrons. The number of nitrogens with zero attached hydrogens (tertiary/aromatic N) is 2. The summed E-state index contributed by atoms with van der Waals surface area (Å²) in [6.07, 6.45) is 4.61. The fourth-order valence-electron chi connectivity index (χ4n) is 14.7. The summed E-state index contributed by atoms with van der Waals surface area (Å²) >= 11 is 0. The van der Waals surface area contributed by atoms with Gasteiger partial charge in [0.2, 0.25) is 0 Å².